The van der Waals surface area contributed by atoms with Crippen LogP contribution in [0.3, 0.4) is 0 Å². The van der Waals surface area contributed by atoms with Gasteiger partial charge in [0.15, 0.2) is 0 Å². The maximum atomic E-state index is 11.7. The Balaban J connectivity index is 2.37. The molecule has 4 nitrogen and oxygen atoms in total. The second kappa shape index (κ2) is 7.74. The topological polar surface area (TPSA) is 44.4 Å². The molecule has 0 bridgehead atoms. The molecule has 0 spiro atoms. The van der Waals surface area contributed by atoms with Gasteiger partial charge in [-0.3, -0.25) is 4.79 Å². The van der Waals surface area contributed by atoms with E-state index in [9.17, 15) is 4.79 Å². The van der Waals surface area contributed by atoms with Crippen molar-refractivity contribution in [3.05, 3.63) is 0 Å². The maximum absolute atomic E-state index is 11.7. The largest absolute Gasteiger partial charge is 0.355 e. The van der Waals surface area contributed by atoms with Crippen molar-refractivity contribution in [2.24, 2.45) is 0 Å². The molecule has 2 unspecified atom stereocenters. The number of nitrogens with zero attached hydrogens (tertiary/aromatic N) is 1. The van der Waals surface area contributed by atoms with Gasteiger partial charge in [-0.05, 0) is 60.0 Å². The van der Waals surface area contributed by atoms with Crippen LogP contribution in [-0.4, -0.2) is 48.6 Å². The van der Waals surface area contributed by atoms with Gasteiger partial charge in [-0.15, -0.1) is 0 Å². The summed E-state index contributed by atoms with van der Waals surface area (Å²) in [6, 6.07) is 1.02. The molecule has 0 aromatic carbocycles. The van der Waals surface area contributed by atoms with Gasteiger partial charge in [0.05, 0.1) is 6.04 Å². The van der Waals surface area contributed by atoms with Gasteiger partial charge in [-0.1, -0.05) is 0 Å². The van der Waals surface area contributed by atoms with Crippen molar-refractivity contribution in [1.82, 2.24) is 15.5 Å². The third-order valence-electron chi connectivity index (χ3n) is 3.72. The number of carbonyl (C=O) groups is 1. The summed E-state index contributed by atoms with van der Waals surface area (Å²) in [5.74, 6) is 0.113. The number of nitrogens with one attached hydrogen (secondary N) is 2. The predicted octanol–water partition coefficient (Wildman–Crippen LogP) is 1.36. The maximum Gasteiger partial charge on any atom is 0.236 e. The summed E-state index contributed by atoms with van der Waals surface area (Å²) in [6.07, 6.45) is 3.53. The van der Waals surface area contributed by atoms with E-state index in [1.807, 2.05) is 13.8 Å². The zero-order valence-electron chi connectivity index (χ0n) is 12.3. The number of amides is 1. The smallest absolute Gasteiger partial charge is 0.236 e. The van der Waals surface area contributed by atoms with Crippen LogP contribution < -0.4 is 10.6 Å². The number of likely N-dealkylation sites (N-methyl/N-ethyl adjacent to an activating group) is 1. The van der Waals surface area contributed by atoms with Crippen LogP contribution in [0.1, 0.15) is 47.0 Å². The Bertz CT molecular complexity index is 255. The van der Waals surface area contributed by atoms with Gasteiger partial charge in [0.2, 0.25) is 5.91 Å². The lowest BCUT2D eigenvalue weighted by atomic mass is 10.1. The van der Waals surface area contributed by atoms with Crippen LogP contribution in [0.5, 0.6) is 0 Å². The van der Waals surface area contributed by atoms with Crippen molar-refractivity contribution >= 4 is 5.91 Å². The number of hydrogen-bond acceptors (Lipinski definition) is 3. The Hall–Kier alpha value is -0.610. The first kappa shape index (κ1) is 15.4. The van der Waals surface area contributed by atoms with Crippen LogP contribution >= 0.6 is 0 Å². The van der Waals surface area contributed by atoms with Gasteiger partial charge in [-0.2, -0.15) is 0 Å². The van der Waals surface area contributed by atoms with Crippen LogP contribution in [0.4, 0.5) is 0 Å². The molecule has 1 fully saturated rings. The van der Waals surface area contributed by atoms with E-state index < -0.39 is 0 Å². The number of carbonyl (C=O) groups excluding carboxylic acids is 1. The number of likely N-dealkylation sites (tertiary alicyclic amines) is 1. The minimum absolute atomic E-state index is 0.0828. The molecular formula is C14H29N3O. The summed E-state index contributed by atoms with van der Waals surface area (Å²) in [7, 11) is 0. The molecular weight excluding hydrogens is 226 g/mol. The van der Waals surface area contributed by atoms with E-state index in [-0.39, 0.29) is 11.9 Å². The van der Waals surface area contributed by atoms with E-state index in [0.29, 0.717) is 18.6 Å². The third-order valence-corrected chi connectivity index (χ3v) is 3.72. The predicted molar refractivity (Wildman–Crippen MR) is 75.6 cm³/mol. The zero-order chi connectivity index (χ0) is 13.5. The Morgan fingerprint density at radius 3 is 2.61 bits per heavy atom. The molecule has 1 heterocycles. The highest BCUT2D eigenvalue weighted by atomic mass is 16.2. The van der Waals surface area contributed by atoms with Crippen molar-refractivity contribution in [1.29, 1.82) is 0 Å². The molecule has 0 aromatic rings. The van der Waals surface area contributed by atoms with Crippen molar-refractivity contribution in [2.75, 3.05) is 19.6 Å². The molecule has 0 saturated carbocycles. The van der Waals surface area contributed by atoms with E-state index in [1.54, 1.807) is 0 Å². The second-order valence-corrected chi connectivity index (χ2v) is 5.54. The van der Waals surface area contributed by atoms with Crippen molar-refractivity contribution in [2.45, 2.75) is 65.1 Å². The van der Waals surface area contributed by atoms with Gasteiger partial charge >= 0.3 is 0 Å². The fourth-order valence-corrected chi connectivity index (χ4v) is 2.56. The first-order chi connectivity index (χ1) is 8.54. The van der Waals surface area contributed by atoms with Gasteiger partial charge in [-0.25, -0.2) is 0 Å². The van der Waals surface area contributed by atoms with E-state index in [4.69, 9.17) is 0 Å². The lowest BCUT2D eigenvalue weighted by Gasteiger charge is -2.25. The molecule has 4 heteroatoms. The van der Waals surface area contributed by atoms with Gasteiger partial charge < -0.3 is 15.5 Å². The van der Waals surface area contributed by atoms with Gasteiger partial charge in [0.25, 0.3) is 0 Å². The molecule has 1 aliphatic heterocycles. The molecule has 1 rings (SSSR count). The highest BCUT2D eigenvalue weighted by Crippen LogP contribution is 2.13. The monoisotopic (exact) mass is 255 g/mol. The molecule has 0 radical (unpaired) electrons. The molecule has 1 saturated heterocycles. The van der Waals surface area contributed by atoms with Crippen molar-refractivity contribution in [3.63, 3.8) is 0 Å². The molecule has 0 aliphatic carbocycles. The summed E-state index contributed by atoms with van der Waals surface area (Å²) in [4.78, 5) is 14.2. The SMILES string of the molecule is CCNC(=O)C(C)NC1CCCN(C(C)C)CC1. The molecule has 1 amide bonds. The van der Waals surface area contributed by atoms with E-state index in [1.165, 1.54) is 19.4 Å². The van der Waals surface area contributed by atoms with Crippen LogP contribution in [0, 0.1) is 0 Å². The second-order valence-electron chi connectivity index (χ2n) is 5.54. The van der Waals surface area contributed by atoms with E-state index >= 15 is 0 Å². The highest BCUT2D eigenvalue weighted by Gasteiger charge is 2.21. The van der Waals surface area contributed by atoms with E-state index in [0.717, 1.165) is 13.0 Å². The average Bonchev–Trinajstić information content (AvgIpc) is 2.55. The molecule has 18 heavy (non-hydrogen) atoms. The fraction of sp³-hybridized carbons (Fsp3) is 0.929. The van der Waals surface area contributed by atoms with Gasteiger partial charge in [0, 0.05) is 18.6 Å². The lowest BCUT2D eigenvalue weighted by molar-refractivity contribution is -0.122. The number of hydrogen-bond donors (Lipinski definition) is 2. The van der Waals surface area contributed by atoms with Crippen LogP contribution in [0.15, 0.2) is 0 Å². The minimum atomic E-state index is -0.0828. The Morgan fingerprint density at radius 2 is 2.00 bits per heavy atom. The quantitative estimate of drug-likeness (QED) is 0.780. The summed E-state index contributed by atoms with van der Waals surface area (Å²) in [5, 5.41) is 6.33. The molecule has 1 aliphatic rings. The van der Waals surface area contributed by atoms with Crippen LogP contribution in [-0.2, 0) is 4.79 Å². The standard InChI is InChI=1S/C14H29N3O/c1-5-15-14(18)12(4)16-13-7-6-9-17(10-8-13)11(2)3/h11-13,16H,5-10H2,1-4H3,(H,15,18). The highest BCUT2D eigenvalue weighted by molar-refractivity contribution is 5.81. The molecule has 106 valence electrons. The summed E-state index contributed by atoms with van der Waals surface area (Å²) in [6.45, 7) is 11.4. The van der Waals surface area contributed by atoms with Gasteiger partial charge in [0.1, 0.15) is 0 Å². The summed E-state index contributed by atoms with van der Waals surface area (Å²) in [5.41, 5.74) is 0. The first-order valence-electron chi connectivity index (χ1n) is 7.32. The zero-order valence-corrected chi connectivity index (χ0v) is 12.3. The summed E-state index contributed by atoms with van der Waals surface area (Å²) < 4.78 is 0. The van der Waals surface area contributed by atoms with Crippen LogP contribution in [0.25, 0.3) is 0 Å². The van der Waals surface area contributed by atoms with Crippen LogP contribution in [0.2, 0.25) is 0 Å². The Morgan fingerprint density at radius 1 is 1.28 bits per heavy atom. The third kappa shape index (κ3) is 4.94. The van der Waals surface area contributed by atoms with Crippen molar-refractivity contribution in [3.8, 4) is 0 Å². The lowest BCUT2D eigenvalue weighted by Crippen LogP contribution is -2.46. The minimum Gasteiger partial charge on any atom is -0.355 e. The fourth-order valence-electron chi connectivity index (χ4n) is 2.56. The number of rotatable bonds is 5. The van der Waals surface area contributed by atoms with E-state index in [2.05, 4.69) is 29.4 Å². The molecule has 2 atom stereocenters. The normalized spacial score (nSPS) is 23.7. The summed E-state index contributed by atoms with van der Waals surface area (Å²) >= 11 is 0. The Kier molecular flexibility index (Phi) is 6.65. The molecule has 0 aromatic heterocycles. The average molecular weight is 255 g/mol. The Labute approximate surface area is 111 Å². The molecule has 2 N–H and O–H groups in total. The van der Waals surface area contributed by atoms with Crippen molar-refractivity contribution < 1.29 is 4.79 Å². The first-order valence-corrected chi connectivity index (χ1v) is 7.32.